The molecule has 0 unspecified atom stereocenters. The molecule has 2 aromatic carbocycles. The Morgan fingerprint density at radius 3 is 2.69 bits per heavy atom. The molecule has 6 nitrogen and oxygen atoms in total. The number of para-hydroxylation sites is 2. The fourth-order valence-electron chi connectivity index (χ4n) is 3.13. The Hall–Kier alpha value is -3.02. The smallest absolute Gasteiger partial charge is 0.315 e. The number of carbonyl (C=O) groups is 2. The predicted molar refractivity (Wildman–Crippen MR) is 101 cm³/mol. The zero-order valence-corrected chi connectivity index (χ0v) is 14.8. The van der Waals surface area contributed by atoms with Gasteiger partial charge in [-0.25, -0.2) is 4.79 Å². The minimum Gasteiger partial charge on any atom is -0.496 e. The highest BCUT2D eigenvalue weighted by Gasteiger charge is 2.23. The molecule has 26 heavy (non-hydrogen) atoms. The van der Waals surface area contributed by atoms with E-state index in [2.05, 4.69) is 10.6 Å². The van der Waals surface area contributed by atoms with E-state index in [4.69, 9.17) is 4.74 Å². The van der Waals surface area contributed by atoms with Gasteiger partial charge in [0.25, 0.3) is 0 Å². The van der Waals surface area contributed by atoms with Crippen molar-refractivity contribution in [1.29, 1.82) is 0 Å². The first-order chi connectivity index (χ1) is 12.7. The third-order valence-electron chi connectivity index (χ3n) is 4.46. The van der Waals surface area contributed by atoms with Crippen LogP contribution in [-0.4, -0.2) is 38.7 Å². The van der Waals surface area contributed by atoms with Gasteiger partial charge < -0.3 is 20.3 Å². The number of nitrogens with zero attached hydrogens (tertiary/aromatic N) is 1. The van der Waals surface area contributed by atoms with E-state index in [9.17, 15) is 9.59 Å². The van der Waals surface area contributed by atoms with Crippen molar-refractivity contribution >= 4 is 17.6 Å². The van der Waals surface area contributed by atoms with Gasteiger partial charge in [0.1, 0.15) is 5.75 Å². The summed E-state index contributed by atoms with van der Waals surface area (Å²) in [5, 5.41) is 5.40. The molecule has 0 fully saturated rings. The van der Waals surface area contributed by atoms with E-state index in [0.717, 1.165) is 23.4 Å². The highest BCUT2D eigenvalue weighted by molar-refractivity contribution is 5.98. The summed E-state index contributed by atoms with van der Waals surface area (Å²) in [6.07, 6.45) is 1.51. The highest BCUT2D eigenvalue weighted by atomic mass is 16.5. The molecule has 1 aliphatic rings. The van der Waals surface area contributed by atoms with Gasteiger partial charge in [-0.15, -0.1) is 0 Å². The lowest BCUT2D eigenvalue weighted by Crippen LogP contribution is -2.43. The molecule has 0 bridgehead atoms. The number of carbonyl (C=O) groups excluding carboxylic acids is 2. The Kier molecular flexibility index (Phi) is 5.73. The molecule has 3 amide bonds. The number of benzene rings is 2. The second-order valence-electron chi connectivity index (χ2n) is 6.10. The van der Waals surface area contributed by atoms with Crippen molar-refractivity contribution in [3.05, 3.63) is 59.7 Å². The van der Waals surface area contributed by atoms with Crippen LogP contribution in [0.15, 0.2) is 48.5 Å². The van der Waals surface area contributed by atoms with Crippen LogP contribution in [0.3, 0.4) is 0 Å². The van der Waals surface area contributed by atoms with Crippen molar-refractivity contribution in [3.63, 3.8) is 0 Å². The summed E-state index contributed by atoms with van der Waals surface area (Å²) in [5.41, 5.74) is 3.14. The van der Waals surface area contributed by atoms with E-state index in [-0.39, 0.29) is 18.5 Å². The van der Waals surface area contributed by atoms with Gasteiger partial charge in [0, 0.05) is 18.8 Å². The van der Waals surface area contributed by atoms with E-state index in [1.165, 1.54) is 5.56 Å². The maximum absolute atomic E-state index is 12.4. The molecule has 0 saturated heterocycles. The summed E-state index contributed by atoms with van der Waals surface area (Å²) in [6.45, 7) is 1.11. The molecule has 0 spiro atoms. The van der Waals surface area contributed by atoms with Crippen LogP contribution in [-0.2, 0) is 17.6 Å². The predicted octanol–water partition coefficient (Wildman–Crippen LogP) is 2.13. The molecule has 136 valence electrons. The first-order valence-corrected chi connectivity index (χ1v) is 8.71. The minimum atomic E-state index is -0.347. The number of hydrogen-bond donors (Lipinski definition) is 2. The van der Waals surface area contributed by atoms with E-state index in [0.29, 0.717) is 19.5 Å². The van der Waals surface area contributed by atoms with Gasteiger partial charge >= 0.3 is 6.03 Å². The topological polar surface area (TPSA) is 70.7 Å². The van der Waals surface area contributed by atoms with Gasteiger partial charge in [0.15, 0.2) is 0 Å². The molecular weight excluding hydrogens is 330 g/mol. The zero-order chi connectivity index (χ0) is 18.4. The summed E-state index contributed by atoms with van der Waals surface area (Å²) in [7, 11) is 1.63. The summed E-state index contributed by atoms with van der Waals surface area (Å²) in [4.78, 5) is 26.0. The van der Waals surface area contributed by atoms with Crippen molar-refractivity contribution in [2.45, 2.75) is 12.8 Å². The SMILES string of the molecule is COc1ccccc1CCNC(=O)NCC(=O)N1CCc2ccccc21. The van der Waals surface area contributed by atoms with Crippen LogP contribution >= 0.6 is 0 Å². The van der Waals surface area contributed by atoms with Gasteiger partial charge in [-0.3, -0.25) is 4.79 Å². The van der Waals surface area contributed by atoms with E-state index < -0.39 is 0 Å². The van der Waals surface area contributed by atoms with Crippen LogP contribution in [0.25, 0.3) is 0 Å². The molecule has 0 saturated carbocycles. The lowest BCUT2D eigenvalue weighted by molar-refractivity contribution is -0.117. The number of methoxy groups -OCH3 is 1. The number of fused-ring (bicyclic) bond motifs is 1. The number of ether oxygens (including phenoxy) is 1. The average Bonchev–Trinajstić information content (AvgIpc) is 3.11. The second-order valence-corrected chi connectivity index (χ2v) is 6.10. The number of amides is 3. The Labute approximate surface area is 153 Å². The van der Waals surface area contributed by atoms with Crippen molar-refractivity contribution in [1.82, 2.24) is 10.6 Å². The highest BCUT2D eigenvalue weighted by Crippen LogP contribution is 2.27. The van der Waals surface area contributed by atoms with Crippen molar-refractivity contribution in [2.24, 2.45) is 0 Å². The third-order valence-corrected chi connectivity index (χ3v) is 4.46. The molecule has 0 radical (unpaired) electrons. The van der Waals surface area contributed by atoms with Gasteiger partial charge in [-0.1, -0.05) is 36.4 Å². The molecular formula is C20H23N3O3. The average molecular weight is 353 g/mol. The summed E-state index contributed by atoms with van der Waals surface area (Å²) < 4.78 is 5.29. The maximum atomic E-state index is 12.4. The lowest BCUT2D eigenvalue weighted by atomic mass is 10.1. The van der Waals surface area contributed by atoms with Gasteiger partial charge in [0.05, 0.1) is 13.7 Å². The number of anilines is 1. The van der Waals surface area contributed by atoms with Crippen LogP contribution in [0.2, 0.25) is 0 Å². The number of hydrogen-bond acceptors (Lipinski definition) is 3. The van der Waals surface area contributed by atoms with Crippen LogP contribution in [0.4, 0.5) is 10.5 Å². The minimum absolute atomic E-state index is 0.0190. The number of nitrogens with one attached hydrogen (secondary N) is 2. The third kappa shape index (κ3) is 4.14. The fraction of sp³-hybridized carbons (Fsp3) is 0.300. The summed E-state index contributed by atoms with van der Waals surface area (Å²) in [6, 6.07) is 15.2. The van der Waals surface area contributed by atoms with Crippen molar-refractivity contribution in [2.75, 3.05) is 31.6 Å². The fourth-order valence-corrected chi connectivity index (χ4v) is 3.13. The summed E-state index contributed by atoms with van der Waals surface area (Å²) >= 11 is 0. The van der Waals surface area contributed by atoms with Gasteiger partial charge in [0.2, 0.25) is 5.91 Å². The molecule has 6 heteroatoms. The first kappa shape index (κ1) is 17.8. The summed E-state index contributed by atoms with van der Waals surface area (Å²) in [5.74, 6) is 0.701. The normalized spacial score (nSPS) is 12.4. The van der Waals surface area contributed by atoms with Crippen molar-refractivity contribution < 1.29 is 14.3 Å². The molecule has 0 aliphatic carbocycles. The Morgan fingerprint density at radius 2 is 1.85 bits per heavy atom. The molecule has 2 N–H and O–H groups in total. The lowest BCUT2D eigenvalue weighted by Gasteiger charge is -2.17. The van der Waals surface area contributed by atoms with Gasteiger partial charge in [-0.05, 0) is 36.1 Å². The van der Waals surface area contributed by atoms with E-state index in [1.807, 2.05) is 48.5 Å². The second kappa shape index (κ2) is 8.38. The van der Waals surface area contributed by atoms with Crippen LogP contribution < -0.4 is 20.3 Å². The number of urea groups is 1. The molecule has 3 rings (SSSR count). The molecule has 1 heterocycles. The largest absolute Gasteiger partial charge is 0.496 e. The number of rotatable bonds is 6. The van der Waals surface area contributed by atoms with E-state index >= 15 is 0 Å². The maximum Gasteiger partial charge on any atom is 0.315 e. The van der Waals surface area contributed by atoms with Crippen molar-refractivity contribution in [3.8, 4) is 5.75 Å². The molecule has 0 atom stereocenters. The van der Waals surface area contributed by atoms with Crippen LogP contribution in [0.5, 0.6) is 5.75 Å². The van der Waals surface area contributed by atoms with Crippen LogP contribution in [0.1, 0.15) is 11.1 Å². The molecule has 1 aliphatic heterocycles. The molecule has 2 aromatic rings. The Balaban J connectivity index is 1.42. The Morgan fingerprint density at radius 1 is 1.08 bits per heavy atom. The monoisotopic (exact) mass is 353 g/mol. The quantitative estimate of drug-likeness (QED) is 0.836. The Bertz CT molecular complexity index is 791. The standard InChI is InChI=1S/C20H23N3O3/c1-26-18-9-5-3-7-16(18)10-12-21-20(25)22-14-19(24)23-13-11-15-6-2-4-8-17(15)23/h2-9H,10-14H2,1H3,(H2,21,22,25). The molecule has 0 aromatic heterocycles. The first-order valence-electron chi connectivity index (χ1n) is 8.71. The van der Waals surface area contributed by atoms with E-state index in [1.54, 1.807) is 12.0 Å². The van der Waals surface area contributed by atoms with Gasteiger partial charge in [-0.2, -0.15) is 0 Å². The van der Waals surface area contributed by atoms with Crippen LogP contribution in [0, 0.1) is 0 Å². The zero-order valence-electron chi connectivity index (χ0n) is 14.8.